The maximum atomic E-state index is 12.6. The molecule has 3 N–H and O–H groups in total. The van der Waals surface area contributed by atoms with Crippen LogP contribution in [-0.2, 0) is 4.79 Å². The number of benzene rings is 2. The third-order valence-electron chi connectivity index (χ3n) is 4.30. The number of rotatable bonds is 6. The van der Waals surface area contributed by atoms with Crippen LogP contribution in [0.3, 0.4) is 0 Å². The fourth-order valence-corrected chi connectivity index (χ4v) is 2.43. The van der Waals surface area contributed by atoms with Gasteiger partial charge in [-0.3, -0.25) is 9.59 Å². The number of para-hydroxylation sites is 1. The lowest BCUT2D eigenvalue weighted by Gasteiger charge is -2.15. The van der Waals surface area contributed by atoms with Crippen molar-refractivity contribution >= 4 is 29.2 Å². The largest absolute Gasteiger partial charge is 0.478 e. The number of aromatic carboxylic acids is 1. The monoisotopic (exact) mass is 354 g/mol. The molecule has 2 rings (SSSR count). The molecule has 26 heavy (non-hydrogen) atoms. The molecule has 0 saturated heterocycles. The highest BCUT2D eigenvalue weighted by Gasteiger charge is 2.17. The van der Waals surface area contributed by atoms with Gasteiger partial charge in [-0.1, -0.05) is 32.0 Å². The van der Waals surface area contributed by atoms with Crippen LogP contribution in [0.1, 0.15) is 46.5 Å². The van der Waals surface area contributed by atoms with Gasteiger partial charge < -0.3 is 15.7 Å². The van der Waals surface area contributed by atoms with Crippen LogP contribution in [0.4, 0.5) is 11.4 Å². The summed E-state index contributed by atoms with van der Waals surface area (Å²) in [6.07, 6.45) is 0.719. The second-order valence-electron chi connectivity index (χ2n) is 6.08. The molecule has 0 aliphatic heterocycles. The number of nitrogens with one attached hydrogen (secondary N) is 2. The highest BCUT2D eigenvalue weighted by atomic mass is 16.4. The standard InChI is InChI=1S/C20H22N2O4/c1-4-12(2)18(23)21-16-11-7-9-14(13(16)3)19(24)22-17-10-6-5-8-15(17)20(25)26/h5-12H,4H2,1-3H3,(H,21,23)(H,22,24)(H,25,26). The quantitative estimate of drug-likeness (QED) is 0.732. The second-order valence-corrected chi connectivity index (χ2v) is 6.08. The summed E-state index contributed by atoms with van der Waals surface area (Å²) in [7, 11) is 0. The topological polar surface area (TPSA) is 95.5 Å². The Morgan fingerprint density at radius 1 is 0.962 bits per heavy atom. The molecule has 1 atom stereocenters. The minimum atomic E-state index is -1.12. The van der Waals surface area contributed by atoms with Gasteiger partial charge in [-0.25, -0.2) is 4.79 Å². The van der Waals surface area contributed by atoms with Crippen LogP contribution in [0.5, 0.6) is 0 Å². The Morgan fingerprint density at radius 2 is 1.58 bits per heavy atom. The van der Waals surface area contributed by atoms with Crippen molar-refractivity contribution in [1.29, 1.82) is 0 Å². The number of carboxylic acids is 1. The number of carbonyl (C=O) groups excluding carboxylic acids is 2. The van der Waals surface area contributed by atoms with E-state index < -0.39 is 11.9 Å². The molecular formula is C20H22N2O4. The van der Waals surface area contributed by atoms with Crippen LogP contribution in [0.2, 0.25) is 0 Å². The first-order valence-electron chi connectivity index (χ1n) is 8.39. The fraction of sp³-hybridized carbons (Fsp3) is 0.250. The molecule has 0 spiro atoms. The highest BCUT2D eigenvalue weighted by Crippen LogP contribution is 2.22. The third-order valence-corrected chi connectivity index (χ3v) is 4.30. The zero-order chi connectivity index (χ0) is 19.3. The Balaban J connectivity index is 2.27. The zero-order valence-electron chi connectivity index (χ0n) is 15.0. The Labute approximate surface area is 152 Å². The number of carboxylic acid groups (broad SMARTS) is 1. The summed E-state index contributed by atoms with van der Waals surface area (Å²) in [5.41, 5.74) is 1.79. The molecule has 6 heteroatoms. The van der Waals surface area contributed by atoms with Gasteiger partial charge in [0.2, 0.25) is 5.91 Å². The molecule has 136 valence electrons. The van der Waals surface area contributed by atoms with Crippen molar-refractivity contribution < 1.29 is 19.5 Å². The van der Waals surface area contributed by atoms with Crippen LogP contribution in [0, 0.1) is 12.8 Å². The maximum absolute atomic E-state index is 12.6. The van der Waals surface area contributed by atoms with Gasteiger partial charge in [-0.05, 0) is 43.2 Å². The average molecular weight is 354 g/mol. The van der Waals surface area contributed by atoms with Crippen molar-refractivity contribution in [3.63, 3.8) is 0 Å². The molecule has 2 aromatic rings. The summed E-state index contributed by atoms with van der Waals surface area (Å²) >= 11 is 0. The molecule has 2 aromatic carbocycles. The van der Waals surface area contributed by atoms with Crippen LogP contribution >= 0.6 is 0 Å². The van der Waals surface area contributed by atoms with Crippen molar-refractivity contribution in [2.24, 2.45) is 5.92 Å². The smallest absolute Gasteiger partial charge is 0.337 e. The minimum Gasteiger partial charge on any atom is -0.478 e. The number of amides is 2. The molecule has 0 aliphatic rings. The second kappa shape index (κ2) is 8.29. The minimum absolute atomic E-state index is 0.0136. The highest BCUT2D eigenvalue weighted by molar-refractivity contribution is 6.09. The first-order chi connectivity index (χ1) is 12.3. The van der Waals surface area contributed by atoms with Crippen LogP contribution < -0.4 is 10.6 Å². The number of hydrogen-bond donors (Lipinski definition) is 3. The van der Waals surface area contributed by atoms with Gasteiger partial charge in [0, 0.05) is 17.2 Å². The molecule has 1 unspecified atom stereocenters. The average Bonchev–Trinajstić information content (AvgIpc) is 2.62. The van der Waals surface area contributed by atoms with Gasteiger partial charge in [-0.2, -0.15) is 0 Å². The summed E-state index contributed by atoms with van der Waals surface area (Å²) < 4.78 is 0. The molecule has 0 radical (unpaired) electrons. The Hall–Kier alpha value is -3.15. The van der Waals surface area contributed by atoms with E-state index in [0.717, 1.165) is 6.42 Å². The summed E-state index contributed by atoms with van der Waals surface area (Å²) in [5, 5.41) is 14.7. The van der Waals surface area contributed by atoms with E-state index in [0.29, 0.717) is 16.8 Å². The van der Waals surface area contributed by atoms with Crippen molar-refractivity contribution in [3.05, 3.63) is 59.2 Å². The lowest BCUT2D eigenvalue weighted by Crippen LogP contribution is -2.21. The first kappa shape index (κ1) is 19.2. The summed E-state index contributed by atoms with van der Waals surface area (Å²) in [4.78, 5) is 36.0. The van der Waals surface area contributed by atoms with Gasteiger partial charge >= 0.3 is 5.97 Å². The van der Waals surface area contributed by atoms with Gasteiger partial charge in [0.15, 0.2) is 0 Å². The van der Waals surface area contributed by atoms with Crippen molar-refractivity contribution in [2.75, 3.05) is 10.6 Å². The summed E-state index contributed by atoms with van der Waals surface area (Å²) in [6, 6.07) is 11.2. The van der Waals surface area contributed by atoms with Crippen molar-refractivity contribution in [1.82, 2.24) is 0 Å². The Morgan fingerprint density at radius 3 is 2.23 bits per heavy atom. The van der Waals surface area contributed by atoms with Gasteiger partial charge in [0.05, 0.1) is 11.3 Å². The van der Waals surface area contributed by atoms with E-state index in [1.54, 1.807) is 37.3 Å². The molecule has 2 amide bonds. The van der Waals surface area contributed by atoms with E-state index in [2.05, 4.69) is 10.6 Å². The van der Waals surface area contributed by atoms with Crippen molar-refractivity contribution in [3.8, 4) is 0 Å². The predicted molar refractivity (Wildman–Crippen MR) is 101 cm³/mol. The Bertz CT molecular complexity index is 845. The fourth-order valence-electron chi connectivity index (χ4n) is 2.43. The molecule has 6 nitrogen and oxygen atoms in total. The van der Waals surface area contributed by atoms with Crippen molar-refractivity contribution in [2.45, 2.75) is 27.2 Å². The van der Waals surface area contributed by atoms with Gasteiger partial charge in [0.25, 0.3) is 5.91 Å². The molecular weight excluding hydrogens is 332 g/mol. The number of carbonyl (C=O) groups is 3. The lowest BCUT2D eigenvalue weighted by molar-refractivity contribution is -0.119. The summed E-state index contributed by atoms with van der Waals surface area (Å²) in [6.45, 7) is 5.51. The number of anilines is 2. The molecule has 0 bridgehead atoms. The van der Waals surface area contributed by atoms with E-state index in [9.17, 15) is 19.5 Å². The van der Waals surface area contributed by atoms with Gasteiger partial charge in [-0.15, -0.1) is 0 Å². The summed E-state index contributed by atoms with van der Waals surface area (Å²) in [5.74, 6) is -1.79. The van der Waals surface area contributed by atoms with Gasteiger partial charge in [0.1, 0.15) is 0 Å². The zero-order valence-corrected chi connectivity index (χ0v) is 15.0. The predicted octanol–water partition coefficient (Wildman–Crippen LogP) is 3.93. The molecule has 0 heterocycles. The van der Waals surface area contributed by atoms with Crippen LogP contribution in [-0.4, -0.2) is 22.9 Å². The number of hydrogen-bond acceptors (Lipinski definition) is 3. The molecule has 0 fully saturated rings. The normalized spacial score (nSPS) is 11.5. The third kappa shape index (κ3) is 4.27. The molecule has 0 saturated carbocycles. The SMILES string of the molecule is CCC(C)C(=O)Nc1cccc(C(=O)Nc2ccccc2C(=O)O)c1C. The van der Waals surface area contributed by atoms with Crippen LogP contribution in [0.25, 0.3) is 0 Å². The van der Waals surface area contributed by atoms with E-state index >= 15 is 0 Å². The molecule has 0 aliphatic carbocycles. The van der Waals surface area contributed by atoms with E-state index in [-0.39, 0.29) is 23.1 Å². The Kier molecular flexibility index (Phi) is 6.11. The van der Waals surface area contributed by atoms with E-state index in [1.807, 2.05) is 13.8 Å². The van der Waals surface area contributed by atoms with E-state index in [1.165, 1.54) is 12.1 Å². The van der Waals surface area contributed by atoms with Crippen LogP contribution in [0.15, 0.2) is 42.5 Å². The molecule has 0 aromatic heterocycles. The maximum Gasteiger partial charge on any atom is 0.337 e. The lowest BCUT2D eigenvalue weighted by atomic mass is 10.0. The first-order valence-corrected chi connectivity index (χ1v) is 8.39. The van der Waals surface area contributed by atoms with E-state index in [4.69, 9.17) is 0 Å².